The van der Waals surface area contributed by atoms with E-state index >= 15 is 0 Å². The second-order valence-electron chi connectivity index (χ2n) is 43.6. The number of hydrogen-bond donors (Lipinski definition) is 0. The Morgan fingerprint density at radius 2 is 0.723 bits per heavy atom. The summed E-state index contributed by atoms with van der Waals surface area (Å²) in [5.41, 5.74) is 19.6. The van der Waals surface area contributed by atoms with E-state index in [1.165, 1.54) is 109 Å². The maximum Gasteiger partial charge on any atom is 0.260 e. The molecule has 0 amide bonds. The molecule has 3 aliphatic rings. The smallest absolute Gasteiger partial charge is 0.260 e. The number of aryl methyl sites for hydroxylation is 6. The van der Waals surface area contributed by atoms with Gasteiger partial charge in [-0.25, -0.2) is 0 Å². The quantitative estimate of drug-likeness (QED) is 0.164. The van der Waals surface area contributed by atoms with Crippen molar-refractivity contribution in [2.75, 3.05) is 0 Å². The average molecular weight is 1900 g/mol. The molecule has 8 heteroatoms. The van der Waals surface area contributed by atoms with Crippen molar-refractivity contribution in [2.45, 2.75) is 257 Å². The molecule has 137 heavy (non-hydrogen) atoms. The summed E-state index contributed by atoms with van der Waals surface area (Å²) in [4.78, 5) is 0. The van der Waals surface area contributed by atoms with Crippen LogP contribution < -0.4 is 25.9 Å². The molecule has 1 aliphatic carbocycles. The summed E-state index contributed by atoms with van der Waals surface area (Å²) in [5.74, 6) is 3.71. The lowest BCUT2D eigenvalue weighted by atomic mass is 9.35. The van der Waals surface area contributed by atoms with Crippen LogP contribution in [0.4, 0.5) is 0 Å². The van der Waals surface area contributed by atoms with Crippen LogP contribution in [0.15, 0.2) is 279 Å². The van der Waals surface area contributed by atoms with Crippen LogP contribution in [-0.2, 0) is 69.8 Å². The highest BCUT2D eigenvalue weighted by Gasteiger charge is 2.41. The zero-order valence-electron chi connectivity index (χ0n) is 98.2. The highest BCUT2D eigenvalue weighted by Crippen LogP contribution is 2.49. The monoisotopic (exact) mass is 1900 g/mol. The lowest BCUT2D eigenvalue weighted by Crippen LogP contribution is -2.57. The Morgan fingerprint density at radius 3 is 1.24 bits per heavy atom. The fourth-order valence-corrected chi connectivity index (χ4v) is 26.0. The van der Waals surface area contributed by atoms with Crippen LogP contribution in [0.25, 0.3) is 112 Å². The van der Waals surface area contributed by atoms with E-state index in [4.69, 9.17) is 28.7 Å². The van der Waals surface area contributed by atoms with Gasteiger partial charge in [0.1, 0.15) is 23.0 Å². The SMILES string of the molecule is CC(C)(C)c1cc2c3c(c1)Oc1ccccc1B3c1ccccc1O2.[2H]C([2H])(C)c1c(C(C)(C)C)ccc2c1sc1ccccc12.[2H]C([2H])(C)c1cc2sc3ccccc3c2cc1C(C)(C)C.[2H]C([2H])(C)c1ccc2c(sc3ccccc32)c1C(C)(C)C.[2H]C([2H])(C)c1ccc2sc3ccccc3c2c1C(C)(C)C.[2H]C([2H])([2H])c1c(C(C)(C)C)ccc2sc3ccccc3c12.[2H]C([2H])([2H])c1cc2c(cc1C(C)(C)C)Cc1ccccc1-2. The number of rotatable bonds is 4. The van der Waals surface area contributed by atoms with Crippen molar-refractivity contribution in [3.8, 4) is 34.1 Å². The van der Waals surface area contributed by atoms with Crippen LogP contribution in [0.3, 0.4) is 0 Å². The molecule has 698 valence electrons. The standard InChI is InChI=1S/C22H19BO2.4C18H20S.C18H20.C17H18S/c1-22(2,3)14-12-19-21-20(13-14)25-18-11-7-5-9-16(18)23(21)15-8-4-6-10-17(15)24-19;1-5-12-10-17-14(11-15(12)18(2,3)4)13-8-6-7-9-16(13)19-17;1-5-12-15(18(2,3)4)11-10-14-13-8-6-7-9-16(13)19-17(12)14;1-5-12-10-11-14-13-8-6-7-9-15(13)19-17(14)16(12)18(2,3)4;1-5-12-10-11-15-16(17(12)18(2,3)4)13-8-6-7-9-14(13)19-15;1-12-9-16-14(11-17(12)18(2,3)4)10-13-7-5-6-8-15(13)16;1-11-13(17(2,3)4)9-10-15-16(11)12-7-5-6-8-14(12)18-15/h4-13H,1-3H3;4*6-11H,5H2,1-4H3;5-9,11H,10H2,1-4H3;5-10H,1-4H3/i;4*5D2;2*1D3. The first-order valence-electron chi connectivity index (χ1n) is 54.9. The fourth-order valence-electron chi connectivity index (χ4n) is 19.9. The van der Waals surface area contributed by atoms with Crippen LogP contribution in [-0.4, -0.2) is 6.71 Å². The van der Waals surface area contributed by atoms with Crippen molar-refractivity contribution in [3.63, 3.8) is 0 Å². The van der Waals surface area contributed by atoms with E-state index in [-0.39, 0.29) is 44.6 Å². The molecule has 20 aromatic rings. The van der Waals surface area contributed by atoms with E-state index in [1.54, 1.807) is 84.4 Å². The van der Waals surface area contributed by atoms with E-state index in [2.05, 4.69) is 346 Å². The van der Waals surface area contributed by atoms with E-state index < -0.39 is 39.2 Å². The maximum atomic E-state index is 8.32. The molecule has 0 bridgehead atoms. The minimum Gasteiger partial charge on any atom is -0.458 e. The summed E-state index contributed by atoms with van der Waals surface area (Å²) in [6.45, 7) is 47.6. The number of ether oxygens (including phenoxy) is 2. The fraction of sp³-hybridized carbons (Fsp3) is 0.302. The third-order valence-corrected chi connectivity index (χ3v) is 32.4. The van der Waals surface area contributed by atoms with Gasteiger partial charge in [0.2, 0.25) is 0 Å². The summed E-state index contributed by atoms with van der Waals surface area (Å²) in [5, 5.41) is 11.9. The van der Waals surface area contributed by atoms with E-state index in [0.717, 1.165) is 121 Å². The van der Waals surface area contributed by atoms with Crippen LogP contribution in [0.2, 0.25) is 0 Å². The van der Waals surface area contributed by atoms with Gasteiger partial charge in [0.05, 0.1) is 0 Å². The molecule has 0 saturated carbocycles. The van der Waals surface area contributed by atoms with Crippen LogP contribution in [0, 0.1) is 13.7 Å². The third-order valence-electron chi connectivity index (χ3n) is 26.6. The zero-order chi connectivity index (χ0) is 110. The van der Waals surface area contributed by atoms with E-state index in [0.29, 0.717) is 11.1 Å². The minimum atomic E-state index is -2.11. The summed E-state index contributed by atoms with van der Waals surface area (Å²) in [7, 11) is 0. The van der Waals surface area contributed by atoms with Crippen LogP contribution in [0.5, 0.6) is 23.0 Å². The molecule has 23 rings (SSSR count). The largest absolute Gasteiger partial charge is 0.458 e. The molecule has 2 nitrogen and oxygen atoms in total. The Labute approximate surface area is 856 Å². The molecule has 0 saturated heterocycles. The lowest BCUT2D eigenvalue weighted by molar-refractivity contribution is 0.458. The number of para-hydroxylation sites is 2. The predicted octanol–water partition coefficient (Wildman–Crippen LogP) is 37.9. The van der Waals surface area contributed by atoms with Gasteiger partial charge >= 0.3 is 0 Å². The third kappa shape index (κ3) is 19.6. The van der Waals surface area contributed by atoms with Crippen molar-refractivity contribution >= 4 is 181 Å². The van der Waals surface area contributed by atoms with Crippen LogP contribution >= 0.6 is 56.7 Å². The summed E-state index contributed by atoms with van der Waals surface area (Å²) < 4.78 is 138. The predicted molar refractivity (Wildman–Crippen MR) is 613 cm³/mol. The molecule has 0 radical (unpaired) electrons. The molecule has 5 aromatic heterocycles. The Balaban J connectivity index is 0.000000120. The maximum absolute atomic E-state index is 8.32. The normalized spacial score (nSPS) is 14.9. The Morgan fingerprint density at radius 1 is 0.292 bits per heavy atom. The van der Waals surface area contributed by atoms with E-state index in [9.17, 15) is 0 Å². The highest BCUT2D eigenvalue weighted by molar-refractivity contribution is 7.27. The first-order chi connectivity index (χ1) is 70.1. The van der Waals surface area contributed by atoms with Crippen molar-refractivity contribution in [1.82, 2.24) is 0 Å². The Bertz CT molecular complexity index is 8190. The molecule has 15 aromatic carbocycles. The van der Waals surface area contributed by atoms with Crippen molar-refractivity contribution in [3.05, 3.63) is 363 Å². The average Bonchev–Trinajstić information content (AvgIpc) is 1.63. The zero-order valence-corrected chi connectivity index (χ0v) is 88.3. The van der Waals surface area contributed by atoms with Crippen molar-refractivity contribution in [2.24, 2.45) is 0 Å². The first kappa shape index (κ1) is 81.0. The first-order valence-corrected chi connectivity index (χ1v) is 52.0. The number of benzene rings is 15. The Kier molecular flexibility index (Phi) is 22.7. The molecule has 0 fully saturated rings. The Hall–Kier alpha value is -10.9. The molecular weight excluding hydrogens is 1750 g/mol. The van der Waals surface area contributed by atoms with Gasteiger partial charge < -0.3 is 9.47 Å². The summed E-state index contributed by atoms with van der Waals surface area (Å²) >= 11 is 8.68. The van der Waals surface area contributed by atoms with Gasteiger partial charge in [0, 0.05) is 126 Å². The second kappa shape index (κ2) is 38.3. The van der Waals surface area contributed by atoms with Gasteiger partial charge in [-0.05, 0) is 268 Å². The molecule has 0 unspecified atom stereocenters. The van der Waals surface area contributed by atoms with Crippen molar-refractivity contribution < 1.29 is 28.7 Å². The number of fused-ring (bicyclic) bond motifs is 22. The topological polar surface area (TPSA) is 18.5 Å². The molecular formula is C129H137BO2S5. The highest BCUT2D eigenvalue weighted by atomic mass is 32.1. The molecule has 2 aliphatic heterocycles. The molecule has 0 N–H and O–H groups in total. The molecule has 7 heterocycles. The van der Waals surface area contributed by atoms with Gasteiger partial charge in [-0.2, -0.15) is 0 Å². The van der Waals surface area contributed by atoms with Gasteiger partial charge in [0.25, 0.3) is 6.71 Å². The summed E-state index contributed by atoms with van der Waals surface area (Å²) in [6, 6.07) is 95.6. The number of hydrogen-bond acceptors (Lipinski definition) is 7. The second-order valence-corrected chi connectivity index (χ2v) is 48.9. The van der Waals surface area contributed by atoms with Gasteiger partial charge in [-0.1, -0.05) is 373 Å². The van der Waals surface area contributed by atoms with Gasteiger partial charge in [-0.3, -0.25) is 0 Å². The summed E-state index contributed by atoms with van der Waals surface area (Å²) in [6.07, 6.45) is -4.43. The van der Waals surface area contributed by atoms with Gasteiger partial charge in [0.15, 0.2) is 0 Å². The van der Waals surface area contributed by atoms with Crippen LogP contribution in [0.1, 0.15) is 276 Å². The van der Waals surface area contributed by atoms with Gasteiger partial charge in [-0.15, -0.1) is 56.7 Å². The lowest BCUT2D eigenvalue weighted by Gasteiger charge is -2.34. The molecule has 0 spiro atoms. The van der Waals surface area contributed by atoms with Crippen molar-refractivity contribution in [1.29, 1.82) is 0 Å². The van der Waals surface area contributed by atoms with E-state index in [1.807, 2.05) is 78.9 Å². The molecule has 0 atom stereocenters. The minimum absolute atomic E-state index is 0.0294. The number of thiophene rings is 5.